The van der Waals surface area contributed by atoms with Gasteiger partial charge in [-0.3, -0.25) is 9.59 Å². The van der Waals surface area contributed by atoms with Crippen LogP contribution in [0.1, 0.15) is 41.6 Å². The van der Waals surface area contributed by atoms with Crippen LogP contribution in [0, 0.1) is 5.92 Å². The van der Waals surface area contributed by atoms with Crippen molar-refractivity contribution in [2.24, 2.45) is 5.92 Å². The summed E-state index contributed by atoms with van der Waals surface area (Å²) >= 11 is 12.1. The van der Waals surface area contributed by atoms with Gasteiger partial charge in [0.25, 0.3) is 5.91 Å². The van der Waals surface area contributed by atoms with Crippen LogP contribution in [0.2, 0.25) is 10.0 Å². The molecule has 0 aliphatic heterocycles. The third-order valence-electron chi connectivity index (χ3n) is 5.58. The second-order valence-corrected chi connectivity index (χ2v) is 8.74. The van der Waals surface area contributed by atoms with Gasteiger partial charge in [-0.15, -0.1) is 0 Å². The lowest BCUT2D eigenvalue weighted by atomic mass is 9.69. The summed E-state index contributed by atoms with van der Waals surface area (Å²) in [5.41, 5.74) is 1.01. The van der Waals surface area contributed by atoms with Gasteiger partial charge in [-0.05, 0) is 36.1 Å². The first-order chi connectivity index (χ1) is 14.8. The third-order valence-corrected chi connectivity index (χ3v) is 6.14. The molecule has 2 amide bonds. The lowest BCUT2D eigenvalue weighted by molar-refractivity contribution is -0.123. The van der Waals surface area contributed by atoms with Crippen LogP contribution in [0.4, 0.5) is 0 Å². The molecular weight excluding hydrogens is 438 g/mol. The van der Waals surface area contributed by atoms with Gasteiger partial charge in [-0.25, -0.2) is 0 Å². The van der Waals surface area contributed by atoms with E-state index in [2.05, 4.69) is 10.6 Å². The predicted octanol–water partition coefficient (Wildman–Crippen LogP) is 3.02. The summed E-state index contributed by atoms with van der Waals surface area (Å²) in [7, 11) is -1.68. The molecule has 0 spiro atoms. The quantitative estimate of drug-likeness (QED) is 0.430. The molecule has 2 unspecified atom stereocenters. The minimum absolute atomic E-state index is 0.160. The summed E-state index contributed by atoms with van der Waals surface area (Å²) in [6.45, 7) is 0. The Kier molecular flexibility index (Phi) is 8.38. The second-order valence-electron chi connectivity index (χ2n) is 7.90. The smallest absolute Gasteiger partial charge is 0.426 e. The van der Waals surface area contributed by atoms with Crippen LogP contribution < -0.4 is 10.6 Å². The summed E-state index contributed by atoms with van der Waals surface area (Å²) in [4.78, 5) is 25.9. The zero-order chi connectivity index (χ0) is 22.4. The van der Waals surface area contributed by atoms with Gasteiger partial charge in [-0.1, -0.05) is 72.8 Å². The maximum Gasteiger partial charge on any atom is 0.475 e. The molecule has 1 fully saturated rings. The standard InChI is InChI=1S/C22H25BCl2N2O4/c24-16-9-10-18(25)17(13-16)21(28)26-19(11-14-5-2-1-3-6-14)22(29)27-20(23(30)31)12-15-7-4-8-15/h1-3,5-6,9-10,13,15,19-20,30-31H,4,7-8,11-12H2,(H,26,28)(H,27,29). The Bertz CT molecular complexity index is 910. The Balaban J connectivity index is 1.76. The fraction of sp³-hybridized carbons (Fsp3) is 0.364. The lowest BCUT2D eigenvalue weighted by Gasteiger charge is -2.30. The van der Waals surface area contributed by atoms with E-state index in [-0.39, 0.29) is 17.0 Å². The Morgan fingerprint density at radius 2 is 1.77 bits per heavy atom. The van der Waals surface area contributed by atoms with Crippen molar-refractivity contribution < 1.29 is 19.6 Å². The summed E-state index contributed by atoms with van der Waals surface area (Å²) in [6, 6.07) is 12.8. The van der Waals surface area contributed by atoms with Crippen molar-refractivity contribution in [3.8, 4) is 0 Å². The van der Waals surface area contributed by atoms with Crippen molar-refractivity contribution in [3.63, 3.8) is 0 Å². The third kappa shape index (κ3) is 6.71. The van der Waals surface area contributed by atoms with E-state index in [0.29, 0.717) is 17.4 Å². The number of halogens is 2. The molecule has 9 heteroatoms. The number of hydrogen-bond acceptors (Lipinski definition) is 4. The predicted molar refractivity (Wildman–Crippen MR) is 122 cm³/mol. The van der Waals surface area contributed by atoms with E-state index in [1.54, 1.807) is 6.07 Å². The molecule has 3 rings (SSSR count). The van der Waals surface area contributed by atoms with Crippen LogP contribution >= 0.6 is 23.2 Å². The number of rotatable bonds is 9. The number of nitrogens with one attached hydrogen (secondary N) is 2. The highest BCUT2D eigenvalue weighted by molar-refractivity contribution is 6.43. The average Bonchev–Trinajstić information content (AvgIpc) is 2.71. The monoisotopic (exact) mass is 462 g/mol. The molecule has 2 aromatic carbocycles. The second kappa shape index (κ2) is 11.0. The Labute approximate surface area is 192 Å². The Hall–Kier alpha value is -2.06. The molecule has 1 aliphatic rings. The highest BCUT2D eigenvalue weighted by Gasteiger charge is 2.33. The van der Waals surface area contributed by atoms with Crippen molar-refractivity contribution in [2.75, 3.05) is 0 Å². The summed E-state index contributed by atoms with van der Waals surface area (Å²) in [5.74, 6) is -1.47. The van der Waals surface area contributed by atoms with E-state index >= 15 is 0 Å². The number of benzene rings is 2. The van der Waals surface area contributed by atoms with Crippen LogP contribution in [0.3, 0.4) is 0 Å². The molecule has 31 heavy (non-hydrogen) atoms. The molecule has 0 saturated heterocycles. The SMILES string of the molecule is O=C(NC(Cc1ccccc1)C(=O)NC(CC1CCC1)B(O)O)c1cc(Cl)ccc1Cl. The summed E-state index contributed by atoms with van der Waals surface area (Å²) < 4.78 is 0. The summed E-state index contributed by atoms with van der Waals surface area (Å²) in [5, 5.41) is 25.5. The molecule has 0 radical (unpaired) electrons. The van der Waals surface area contributed by atoms with Crippen LogP contribution in [0.15, 0.2) is 48.5 Å². The minimum atomic E-state index is -1.68. The molecule has 6 nitrogen and oxygen atoms in total. The topological polar surface area (TPSA) is 98.7 Å². The van der Waals surface area contributed by atoms with Crippen LogP contribution in [-0.2, 0) is 11.2 Å². The van der Waals surface area contributed by atoms with Gasteiger partial charge in [0.05, 0.1) is 16.5 Å². The highest BCUT2D eigenvalue weighted by Crippen LogP contribution is 2.30. The van der Waals surface area contributed by atoms with Gasteiger partial charge in [0.2, 0.25) is 5.91 Å². The summed E-state index contributed by atoms with van der Waals surface area (Å²) in [6.07, 6.45) is 3.84. The maximum atomic E-state index is 13.1. The molecule has 4 N–H and O–H groups in total. The fourth-order valence-electron chi connectivity index (χ4n) is 3.59. The van der Waals surface area contributed by atoms with Crippen molar-refractivity contribution in [3.05, 3.63) is 69.7 Å². The van der Waals surface area contributed by atoms with E-state index in [4.69, 9.17) is 23.2 Å². The molecule has 1 aliphatic carbocycles. The molecule has 164 valence electrons. The minimum Gasteiger partial charge on any atom is -0.426 e. The molecule has 1 saturated carbocycles. The Morgan fingerprint density at radius 3 is 2.39 bits per heavy atom. The van der Waals surface area contributed by atoms with Gasteiger partial charge >= 0.3 is 7.12 Å². The lowest BCUT2D eigenvalue weighted by Crippen LogP contribution is -2.55. The molecular formula is C22H25BCl2N2O4. The molecule has 2 aromatic rings. The first-order valence-corrected chi connectivity index (χ1v) is 11.1. The highest BCUT2D eigenvalue weighted by atomic mass is 35.5. The van der Waals surface area contributed by atoms with Crippen molar-refractivity contribution >= 4 is 42.1 Å². The molecule has 0 bridgehead atoms. The van der Waals surface area contributed by atoms with Crippen LogP contribution in [0.5, 0.6) is 0 Å². The first kappa shape index (κ1) is 23.6. The number of carbonyl (C=O) groups is 2. The Morgan fingerprint density at radius 1 is 1.06 bits per heavy atom. The number of carbonyl (C=O) groups excluding carboxylic acids is 2. The fourth-order valence-corrected chi connectivity index (χ4v) is 3.97. The molecule has 2 atom stereocenters. The van der Waals surface area contributed by atoms with Gasteiger partial charge in [-0.2, -0.15) is 0 Å². The van der Waals surface area contributed by atoms with E-state index in [9.17, 15) is 19.6 Å². The van der Waals surface area contributed by atoms with E-state index in [1.165, 1.54) is 12.1 Å². The maximum absolute atomic E-state index is 13.1. The van der Waals surface area contributed by atoms with Gasteiger partial charge in [0.15, 0.2) is 0 Å². The average molecular weight is 463 g/mol. The van der Waals surface area contributed by atoms with Crippen LogP contribution in [0.25, 0.3) is 0 Å². The number of hydrogen-bond donors (Lipinski definition) is 4. The first-order valence-electron chi connectivity index (χ1n) is 10.3. The van der Waals surface area contributed by atoms with Crippen LogP contribution in [-0.4, -0.2) is 41.0 Å². The van der Waals surface area contributed by atoms with Gasteiger partial charge in [0.1, 0.15) is 6.04 Å². The van der Waals surface area contributed by atoms with Crippen molar-refractivity contribution in [1.29, 1.82) is 0 Å². The number of amides is 2. The van der Waals surface area contributed by atoms with Crippen molar-refractivity contribution in [1.82, 2.24) is 10.6 Å². The van der Waals surface area contributed by atoms with E-state index < -0.39 is 30.9 Å². The zero-order valence-corrected chi connectivity index (χ0v) is 18.4. The normalized spacial score (nSPS) is 15.5. The van der Waals surface area contributed by atoms with E-state index in [1.807, 2.05) is 30.3 Å². The molecule has 0 aromatic heterocycles. The zero-order valence-electron chi connectivity index (χ0n) is 16.9. The van der Waals surface area contributed by atoms with Gasteiger partial charge < -0.3 is 20.7 Å². The largest absolute Gasteiger partial charge is 0.475 e. The van der Waals surface area contributed by atoms with Crippen molar-refractivity contribution in [2.45, 2.75) is 44.1 Å². The van der Waals surface area contributed by atoms with Gasteiger partial charge in [0, 0.05) is 11.4 Å². The molecule has 0 heterocycles. The van der Waals surface area contributed by atoms with E-state index in [0.717, 1.165) is 24.8 Å².